The predicted molar refractivity (Wildman–Crippen MR) is 81.1 cm³/mol. The third kappa shape index (κ3) is 2.57. The molecule has 2 aromatic rings. The smallest absolute Gasteiger partial charge is 0.178 e. The van der Waals surface area contributed by atoms with Gasteiger partial charge in [-0.2, -0.15) is 0 Å². The Bertz CT molecular complexity index is 788. The number of nitrogens with zero attached hydrogens (tertiary/aromatic N) is 1. The topological polar surface area (TPSA) is 54.9 Å². The Balaban J connectivity index is 2.62. The fraction of sp³-hybridized carbons (Fsp3) is 0.417. The maximum absolute atomic E-state index is 11.8. The number of rotatable bonds is 3. The highest BCUT2D eigenvalue weighted by Gasteiger charge is 2.31. The molecular weight excluding hydrogens is 304 g/mol. The summed E-state index contributed by atoms with van der Waals surface area (Å²) in [4.78, 5) is 3.02. The molecule has 0 radical (unpaired) electrons. The van der Waals surface area contributed by atoms with Crippen LogP contribution in [0.2, 0.25) is 5.02 Å². The number of halogens is 1. The number of hydrogen-bond acceptors (Lipinski definition) is 3. The van der Waals surface area contributed by atoms with Crippen LogP contribution in [0.25, 0.3) is 11.0 Å². The van der Waals surface area contributed by atoms with Crippen LogP contribution in [0.4, 0.5) is 0 Å². The number of hydrogen-bond donors (Lipinski definition) is 1. The summed E-state index contributed by atoms with van der Waals surface area (Å²) < 4.78 is 25.0. The van der Waals surface area contributed by atoms with Crippen molar-refractivity contribution in [3.63, 3.8) is 0 Å². The van der Waals surface area contributed by atoms with E-state index in [1.807, 2.05) is 12.1 Å². The molecule has 1 N–H and O–H groups in total. The number of sulfone groups is 1. The van der Waals surface area contributed by atoms with Crippen LogP contribution < -0.4 is 0 Å². The summed E-state index contributed by atoms with van der Waals surface area (Å²) >= 11 is 11.4. The first-order chi connectivity index (χ1) is 8.63. The van der Waals surface area contributed by atoms with Gasteiger partial charge < -0.3 is 9.55 Å². The average Bonchev–Trinajstić information content (AvgIpc) is 2.56. The maximum Gasteiger partial charge on any atom is 0.178 e. The van der Waals surface area contributed by atoms with E-state index < -0.39 is 14.6 Å². The number of H-pyrrole nitrogens is 1. The van der Waals surface area contributed by atoms with E-state index in [1.165, 1.54) is 6.26 Å². The minimum atomic E-state index is -3.19. The van der Waals surface area contributed by atoms with E-state index in [-0.39, 0.29) is 6.54 Å². The average molecular weight is 319 g/mol. The van der Waals surface area contributed by atoms with Gasteiger partial charge in [-0.3, -0.25) is 0 Å². The Morgan fingerprint density at radius 1 is 1.42 bits per heavy atom. The zero-order chi connectivity index (χ0) is 14.4. The lowest BCUT2D eigenvalue weighted by atomic mass is 10.2. The van der Waals surface area contributed by atoms with Crippen molar-refractivity contribution in [3.8, 4) is 0 Å². The van der Waals surface area contributed by atoms with Crippen LogP contribution >= 0.6 is 23.8 Å². The van der Waals surface area contributed by atoms with E-state index >= 15 is 0 Å². The molecule has 19 heavy (non-hydrogen) atoms. The fourth-order valence-electron chi connectivity index (χ4n) is 1.80. The number of imidazole rings is 1. The minimum absolute atomic E-state index is 0.283. The lowest BCUT2D eigenvalue weighted by Crippen LogP contribution is -2.35. The van der Waals surface area contributed by atoms with Crippen LogP contribution in [0.5, 0.6) is 0 Å². The Morgan fingerprint density at radius 3 is 2.63 bits per heavy atom. The molecule has 0 spiro atoms. The Hall–Kier alpha value is -0.850. The van der Waals surface area contributed by atoms with Crippen LogP contribution in [0.15, 0.2) is 18.2 Å². The zero-order valence-electron chi connectivity index (χ0n) is 10.9. The van der Waals surface area contributed by atoms with Crippen LogP contribution in [0, 0.1) is 4.77 Å². The molecule has 1 heterocycles. The molecule has 0 saturated heterocycles. The number of aromatic nitrogens is 2. The third-order valence-corrected chi connectivity index (χ3v) is 6.08. The summed E-state index contributed by atoms with van der Waals surface area (Å²) in [5.41, 5.74) is 1.55. The lowest BCUT2D eigenvalue weighted by Gasteiger charge is -2.23. The number of nitrogens with one attached hydrogen (secondary N) is 1. The molecule has 7 heteroatoms. The molecule has 2 rings (SSSR count). The molecule has 0 saturated carbocycles. The van der Waals surface area contributed by atoms with E-state index in [1.54, 1.807) is 24.5 Å². The second kappa shape index (κ2) is 4.61. The lowest BCUT2D eigenvalue weighted by molar-refractivity contribution is 0.506. The Morgan fingerprint density at radius 2 is 2.05 bits per heavy atom. The SMILES string of the molecule is CC(C)(Cn1c(=S)[nH]c2c(Cl)cccc21)S(C)(=O)=O. The van der Waals surface area contributed by atoms with Gasteiger partial charge in [0.25, 0.3) is 0 Å². The minimum Gasteiger partial charge on any atom is -0.329 e. The molecule has 0 fully saturated rings. The summed E-state index contributed by atoms with van der Waals surface area (Å²) in [5.74, 6) is 0. The van der Waals surface area contributed by atoms with Crippen molar-refractivity contribution in [2.75, 3.05) is 6.26 Å². The highest BCUT2D eigenvalue weighted by atomic mass is 35.5. The van der Waals surface area contributed by atoms with Gasteiger partial charge in [-0.1, -0.05) is 17.7 Å². The molecule has 0 bridgehead atoms. The van der Waals surface area contributed by atoms with Crippen molar-refractivity contribution in [1.29, 1.82) is 0 Å². The van der Waals surface area contributed by atoms with Gasteiger partial charge in [0.1, 0.15) is 0 Å². The van der Waals surface area contributed by atoms with E-state index in [4.69, 9.17) is 23.8 Å². The summed E-state index contributed by atoms with van der Waals surface area (Å²) in [5, 5.41) is 0.569. The fourth-order valence-corrected chi connectivity index (χ4v) is 2.65. The van der Waals surface area contributed by atoms with Gasteiger partial charge in [0, 0.05) is 12.8 Å². The maximum atomic E-state index is 11.8. The molecule has 1 aromatic carbocycles. The zero-order valence-corrected chi connectivity index (χ0v) is 13.3. The summed E-state index contributed by atoms with van der Waals surface area (Å²) in [6.45, 7) is 3.66. The van der Waals surface area contributed by atoms with Crippen LogP contribution in [-0.2, 0) is 16.4 Å². The normalized spacial score (nSPS) is 13.1. The van der Waals surface area contributed by atoms with Gasteiger partial charge in [-0.15, -0.1) is 0 Å². The van der Waals surface area contributed by atoms with Crippen LogP contribution in [-0.4, -0.2) is 29.0 Å². The Labute approximate surface area is 122 Å². The number of fused-ring (bicyclic) bond motifs is 1. The van der Waals surface area contributed by atoms with Crippen molar-refractivity contribution in [2.24, 2.45) is 0 Å². The second-order valence-corrected chi connectivity index (χ2v) is 8.63. The van der Waals surface area contributed by atoms with Crippen LogP contribution in [0.3, 0.4) is 0 Å². The number of aromatic amines is 1. The quantitative estimate of drug-likeness (QED) is 0.884. The molecule has 4 nitrogen and oxygen atoms in total. The molecule has 0 aliphatic carbocycles. The first kappa shape index (κ1) is 14.6. The molecular formula is C12H15ClN2O2S2. The first-order valence-corrected chi connectivity index (χ1v) is 8.38. The second-order valence-electron chi connectivity index (χ2n) is 5.18. The monoisotopic (exact) mass is 318 g/mol. The van der Waals surface area contributed by atoms with Crippen molar-refractivity contribution in [3.05, 3.63) is 28.0 Å². The van der Waals surface area contributed by atoms with Gasteiger partial charge >= 0.3 is 0 Å². The van der Waals surface area contributed by atoms with Gasteiger partial charge in [0.15, 0.2) is 14.6 Å². The van der Waals surface area contributed by atoms with Gasteiger partial charge in [0.05, 0.1) is 20.8 Å². The molecule has 104 valence electrons. The predicted octanol–water partition coefficient (Wildman–Crippen LogP) is 3.18. The number of benzene rings is 1. The highest BCUT2D eigenvalue weighted by Crippen LogP contribution is 2.26. The first-order valence-electron chi connectivity index (χ1n) is 5.70. The van der Waals surface area contributed by atoms with E-state index in [0.29, 0.717) is 9.79 Å². The van der Waals surface area contributed by atoms with Crippen LogP contribution in [0.1, 0.15) is 13.8 Å². The molecule has 0 atom stereocenters. The molecule has 0 unspecified atom stereocenters. The van der Waals surface area contributed by atoms with Gasteiger partial charge in [0.2, 0.25) is 0 Å². The van der Waals surface area contributed by atoms with E-state index in [2.05, 4.69) is 4.98 Å². The van der Waals surface area contributed by atoms with E-state index in [0.717, 1.165) is 11.0 Å². The van der Waals surface area contributed by atoms with Crippen molar-refractivity contribution in [2.45, 2.75) is 25.1 Å². The Kier molecular flexibility index (Phi) is 3.53. The van der Waals surface area contributed by atoms with Gasteiger partial charge in [-0.05, 0) is 38.2 Å². The molecule has 0 aliphatic heterocycles. The summed E-state index contributed by atoms with van der Waals surface area (Å²) in [6, 6.07) is 5.45. The highest BCUT2D eigenvalue weighted by molar-refractivity contribution is 7.92. The molecule has 1 aromatic heterocycles. The number of para-hydroxylation sites is 1. The van der Waals surface area contributed by atoms with Crippen molar-refractivity contribution >= 4 is 44.7 Å². The third-order valence-electron chi connectivity index (χ3n) is 3.30. The molecule has 0 amide bonds. The largest absolute Gasteiger partial charge is 0.329 e. The van der Waals surface area contributed by atoms with Crippen molar-refractivity contribution in [1.82, 2.24) is 9.55 Å². The van der Waals surface area contributed by atoms with E-state index in [9.17, 15) is 8.42 Å². The summed E-state index contributed by atoms with van der Waals surface area (Å²) in [6.07, 6.45) is 1.23. The van der Waals surface area contributed by atoms with Gasteiger partial charge in [-0.25, -0.2) is 8.42 Å². The van der Waals surface area contributed by atoms with Crippen molar-refractivity contribution < 1.29 is 8.42 Å². The molecule has 0 aliphatic rings. The standard InChI is InChI=1S/C12H15ClN2O2S2/c1-12(2,19(3,16)17)7-15-9-6-4-5-8(13)10(9)14-11(15)18/h4-6H,7H2,1-3H3,(H,14,18). The summed E-state index contributed by atoms with van der Waals surface area (Å²) in [7, 11) is -3.19.